The molecule has 0 fully saturated rings. The van der Waals surface area contributed by atoms with Crippen molar-refractivity contribution in [1.82, 2.24) is 5.32 Å². The molecular formula is C10H21NO7. The minimum absolute atomic E-state index is 0.292. The highest BCUT2D eigenvalue weighted by molar-refractivity contribution is 5.81. The third-order valence-corrected chi connectivity index (χ3v) is 2.42. The van der Waals surface area contributed by atoms with Gasteiger partial charge in [-0.15, -0.1) is 0 Å². The third-order valence-electron chi connectivity index (χ3n) is 2.42. The number of nitrogens with one attached hydrogen (secondary N) is 1. The fourth-order valence-corrected chi connectivity index (χ4v) is 1.23. The average Bonchev–Trinajstić information content (AvgIpc) is 2.40. The Labute approximate surface area is 105 Å². The monoisotopic (exact) mass is 267 g/mol. The molecule has 108 valence electrons. The standard InChI is InChI=1S/C10H21NO7/c1-2-3-11-10(18)9(17)8(16)7(15)6(14)5(13)4-12/h5-9,12-17H,2-4H2,1H3,(H,11,18). The minimum Gasteiger partial charge on any atom is -0.394 e. The van der Waals surface area contributed by atoms with Crippen molar-refractivity contribution < 1.29 is 35.4 Å². The molecule has 8 nitrogen and oxygen atoms in total. The van der Waals surface area contributed by atoms with Gasteiger partial charge >= 0.3 is 0 Å². The predicted molar refractivity (Wildman–Crippen MR) is 60.4 cm³/mol. The van der Waals surface area contributed by atoms with Crippen molar-refractivity contribution >= 4 is 5.91 Å². The van der Waals surface area contributed by atoms with Gasteiger partial charge in [0.05, 0.1) is 6.61 Å². The van der Waals surface area contributed by atoms with E-state index in [-0.39, 0.29) is 0 Å². The molecule has 0 aliphatic carbocycles. The molecule has 0 aromatic rings. The summed E-state index contributed by atoms with van der Waals surface area (Å²) in [6.45, 7) is 1.25. The molecule has 1 amide bonds. The second kappa shape index (κ2) is 8.35. The van der Waals surface area contributed by atoms with Crippen LogP contribution in [-0.2, 0) is 4.79 Å². The molecule has 0 rings (SSSR count). The Bertz CT molecular complexity index is 250. The first-order valence-corrected chi connectivity index (χ1v) is 5.65. The van der Waals surface area contributed by atoms with Gasteiger partial charge in [0.2, 0.25) is 0 Å². The Morgan fingerprint density at radius 2 is 1.61 bits per heavy atom. The number of carbonyl (C=O) groups is 1. The molecule has 0 radical (unpaired) electrons. The van der Waals surface area contributed by atoms with E-state index in [1.54, 1.807) is 6.92 Å². The molecule has 7 N–H and O–H groups in total. The van der Waals surface area contributed by atoms with Gasteiger partial charge in [0.15, 0.2) is 6.10 Å². The van der Waals surface area contributed by atoms with Crippen LogP contribution >= 0.6 is 0 Å². The Balaban J connectivity index is 4.43. The molecule has 8 heteroatoms. The maximum Gasteiger partial charge on any atom is 0.251 e. The summed E-state index contributed by atoms with van der Waals surface area (Å²) in [6, 6.07) is 0. The highest BCUT2D eigenvalue weighted by atomic mass is 16.4. The lowest BCUT2D eigenvalue weighted by atomic mass is 9.99. The number of aliphatic hydroxyl groups excluding tert-OH is 6. The molecule has 0 aromatic heterocycles. The van der Waals surface area contributed by atoms with E-state index >= 15 is 0 Å². The second-order valence-corrected chi connectivity index (χ2v) is 3.96. The zero-order valence-corrected chi connectivity index (χ0v) is 10.1. The van der Waals surface area contributed by atoms with E-state index in [1.807, 2.05) is 0 Å². The minimum atomic E-state index is -1.97. The van der Waals surface area contributed by atoms with Crippen molar-refractivity contribution in [3.05, 3.63) is 0 Å². The molecule has 0 spiro atoms. The largest absolute Gasteiger partial charge is 0.394 e. The van der Waals surface area contributed by atoms with E-state index in [9.17, 15) is 25.2 Å². The number of rotatable bonds is 8. The molecular weight excluding hydrogens is 246 g/mol. The lowest BCUT2D eigenvalue weighted by Crippen LogP contribution is -2.54. The van der Waals surface area contributed by atoms with Gasteiger partial charge in [-0.1, -0.05) is 6.92 Å². The molecule has 0 aromatic carbocycles. The summed E-state index contributed by atoms with van der Waals surface area (Å²) in [7, 11) is 0. The highest BCUT2D eigenvalue weighted by Gasteiger charge is 2.36. The quantitative estimate of drug-likeness (QED) is 0.239. The Hall–Kier alpha value is -0.770. The normalized spacial score (nSPS) is 19.7. The molecule has 0 saturated heterocycles. The number of carbonyl (C=O) groups excluding carboxylic acids is 1. The van der Waals surface area contributed by atoms with Crippen LogP contribution in [0.5, 0.6) is 0 Å². The van der Waals surface area contributed by atoms with Gasteiger partial charge in [-0.3, -0.25) is 4.79 Å². The van der Waals surface area contributed by atoms with E-state index in [2.05, 4.69) is 5.32 Å². The van der Waals surface area contributed by atoms with E-state index in [0.717, 1.165) is 0 Å². The maximum atomic E-state index is 11.3. The molecule has 0 saturated carbocycles. The van der Waals surface area contributed by atoms with Crippen molar-refractivity contribution in [3.63, 3.8) is 0 Å². The zero-order valence-electron chi connectivity index (χ0n) is 10.1. The Morgan fingerprint density at radius 1 is 1.06 bits per heavy atom. The molecule has 0 bridgehead atoms. The van der Waals surface area contributed by atoms with E-state index < -0.39 is 43.0 Å². The van der Waals surface area contributed by atoms with E-state index in [4.69, 9.17) is 10.2 Å². The van der Waals surface area contributed by atoms with Crippen molar-refractivity contribution in [1.29, 1.82) is 0 Å². The summed E-state index contributed by atoms with van der Waals surface area (Å²) in [6.07, 6.45) is -8.80. The van der Waals surface area contributed by atoms with Crippen LogP contribution in [0.25, 0.3) is 0 Å². The smallest absolute Gasteiger partial charge is 0.251 e. The molecule has 0 heterocycles. The average molecular weight is 267 g/mol. The maximum absolute atomic E-state index is 11.3. The molecule has 18 heavy (non-hydrogen) atoms. The van der Waals surface area contributed by atoms with Gasteiger partial charge in [-0.25, -0.2) is 0 Å². The fourth-order valence-electron chi connectivity index (χ4n) is 1.23. The fraction of sp³-hybridized carbons (Fsp3) is 0.900. The first-order valence-electron chi connectivity index (χ1n) is 5.65. The summed E-state index contributed by atoms with van der Waals surface area (Å²) < 4.78 is 0. The summed E-state index contributed by atoms with van der Waals surface area (Å²) in [5.41, 5.74) is 0. The van der Waals surface area contributed by atoms with Gasteiger partial charge in [0.25, 0.3) is 5.91 Å². The van der Waals surface area contributed by atoms with Crippen molar-refractivity contribution in [3.8, 4) is 0 Å². The van der Waals surface area contributed by atoms with Crippen LogP contribution in [0.1, 0.15) is 13.3 Å². The van der Waals surface area contributed by atoms with Crippen LogP contribution < -0.4 is 5.32 Å². The van der Waals surface area contributed by atoms with E-state index in [1.165, 1.54) is 0 Å². The van der Waals surface area contributed by atoms with Crippen LogP contribution in [0.4, 0.5) is 0 Å². The number of aliphatic hydroxyl groups is 6. The summed E-state index contributed by atoms with van der Waals surface area (Å²) in [4.78, 5) is 11.3. The number of hydrogen-bond acceptors (Lipinski definition) is 7. The van der Waals surface area contributed by atoms with Crippen LogP contribution in [0.3, 0.4) is 0 Å². The van der Waals surface area contributed by atoms with Crippen LogP contribution in [0, 0.1) is 0 Å². The van der Waals surface area contributed by atoms with Gasteiger partial charge in [0, 0.05) is 6.54 Å². The zero-order chi connectivity index (χ0) is 14.3. The molecule has 5 unspecified atom stereocenters. The van der Waals surface area contributed by atoms with Gasteiger partial charge in [-0.2, -0.15) is 0 Å². The first kappa shape index (κ1) is 17.2. The first-order chi connectivity index (χ1) is 8.36. The van der Waals surface area contributed by atoms with Gasteiger partial charge in [-0.05, 0) is 6.42 Å². The van der Waals surface area contributed by atoms with Crippen LogP contribution in [-0.4, -0.2) is 80.2 Å². The van der Waals surface area contributed by atoms with E-state index in [0.29, 0.717) is 13.0 Å². The van der Waals surface area contributed by atoms with Crippen molar-refractivity contribution in [2.75, 3.05) is 13.2 Å². The number of amides is 1. The molecule has 0 aliphatic rings. The lowest BCUT2D eigenvalue weighted by Gasteiger charge is -2.27. The molecule has 0 aliphatic heterocycles. The van der Waals surface area contributed by atoms with Gasteiger partial charge in [0.1, 0.15) is 24.4 Å². The van der Waals surface area contributed by atoms with Crippen molar-refractivity contribution in [2.24, 2.45) is 0 Å². The van der Waals surface area contributed by atoms with Gasteiger partial charge < -0.3 is 36.0 Å². The lowest BCUT2D eigenvalue weighted by molar-refractivity contribution is -0.156. The topological polar surface area (TPSA) is 150 Å². The van der Waals surface area contributed by atoms with Crippen LogP contribution in [0.15, 0.2) is 0 Å². The summed E-state index contributed by atoms with van der Waals surface area (Å²) >= 11 is 0. The SMILES string of the molecule is CCCNC(=O)C(O)C(O)C(O)C(O)C(O)CO. The Morgan fingerprint density at radius 3 is 2.06 bits per heavy atom. The number of hydrogen-bond donors (Lipinski definition) is 7. The summed E-state index contributed by atoms with van der Waals surface area (Å²) in [5, 5.41) is 57.5. The Kier molecular flexibility index (Phi) is 8.00. The van der Waals surface area contributed by atoms with Crippen LogP contribution in [0.2, 0.25) is 0 Å². The predicted octanol–water partition coefficient (Wildman–Crippen LogP) is -3.69. The third kappa shape index (κ3) is 4.84. The summed E-state index contributed by atoms with van der Waals surface area (Å²) in [5.74, 6) is -0.894. The molecule has 5 atom stereocenters. The highest BCUT2D eigenvalue weighted by Crippen LogP contribution is 2.08. The second-order valence-electron chi connectivity index (χ2n) is 3.96. The van der Waals surface area contributed by atoms with Crippen molar-refractivity contribution in [2.45, 2.75) is 43.9 Å².